The average Bonchev–Trinajstić information content (AvgIpc) is 2.42. The highest BCUT2D eigenvalue weighted by Gasteiger charge is 2.31. The van der Waals surface area contributed by atoms with Crippen molar-refractivity contribution in [3.8, 4) is 0 Å². The normalized spacial score (nSPS) is 11.3. The standard InChI is InChI=1S/C13H12BrF3N4/c1-7-6-19-12(18-2)21-11(7)20-10-5-8(13(15,16)17)3-4-9(10)14/h3-6H,1-2H3,(H2,18,19,20,21). The summed E-state index contributed by atoms with van der Waals surface area (Å²) in [5.74, 6) is 0.820. The van der Waals surface area contributed by atoms with E-state index in [1.165, 1.54) is 6.07 Å². The summed E-state index contributed by atoms with van der Waals surface area (Å²) in [5, 5.41) is 5.67. The van der Waals surface area contributed by atoms with Gasteiger partial charge in [0.05, 0.1) is 11.3 Å². The van der Waals surface area contributed by atoms with Gasteiger partial charge < -0.3 is 10.6 Å². The second-order valence-corrected chi connectivity index (χ2v) is 5.15. The molecule has 0 amide bonds. The Labute approximate surface area is 127 Å². The predicted molar refractivity (Wildman–Crippen MR) is 78.7 cm³/mol. The third-order valence-corrected chi connectivity index (χ3v) is 3.43. The number of halogens is 4. The van der Waals surface area contributed by atoms with Gasteiger partial charge in [-0.2, -0.15) is 18.2 Å². The lowest BCUT2D eigenvalue weighted by Crippen LogP contribution is -2.07. The summed E-state index contributed by atoms with van der Waals surface area (Å²) in [5.41, 5.74) is 0.278. The van der Waals surface area contributed by atoms with E-state index >= 15 is 0 Å². The summed E-state index contributed by atoms with van der Waals surface area (Å²) in [6.07, 6.45) is -2.81. The highest BCUT2D eigenvalue weighted by atomic mass is 79.9. The fourth-order valence-electron chi connectivity index (χ4n) is 1.61. The second-order valence-electron chi connectivity index (χ2n) is 4.29. The first-order chi connectivity index (χ1) is 9.81. The van der Waals surface area contributed by atoms with Crippen LogP contribution in [0.4, 0.5) is 30.6 Å². The van der Waals surface area contributed by atoms with Crippen LogP contribution in [0.3, 0.4) is 0 Å². The molecule has 2 N–H and O–H groups in total. The van der Waals surface area contributed by atoms with Crippen LogP contribution < -0.4 is 10.6 Å². The zero-order valence-electron chi connectivity index (χ0n) is 11.2. The highest BCUT2D eigenvalue weighted by molar-refractivity contribution is 9.10. The van der Waals surface area contributed by atoms with E-state index in [9.17, 15) is 13.2 Å². The zero-order valence-corrected chi connectivity index (χ0v) is 12.8. The molecule has 0 saturated heterocycles. The number of hydrogen-bond donors (Lipinski definition) is 2. The van der Waals surface area contributed by atoms with Crippen LogP contribution in [-0.4, -0.2) is 17.0 Å². The third-order valence-electron chi connectivity index (χ3n) is 2.74. The van der Waals surface area contributed by atoms with Gasteiger partial charge in [-0.1, -0.05) is 0 Å². The van der Waals surface area contributed by atoms with Crippen LogP contribution in [0.2, 0.25) is 0 Å². The Morgan fingerprint density at radius 2 is 1.95 bits per heavy atom. The molecule has 0 bridgehead atoms. The largest absolute Gasteiger partial charge is 0.416 e. The highest BCUT2D eigenvalue weighted by Crippen LogP contribution is 2.35. The van der Waals surface area contributed by atoms with Crippen molar-refractivity contribution >= 4 is 33.4 Å². The van der Waals surface area contributed by atoms with Crippen LogP contribution in [0.1, 0.15) is 11.1 Å². The Hall–Kier alpha value is -1.83. The zero-order chi connectivity index (χ0) is 15.6. The average molecular weight is 361 g/mol. The maximum Gasteiger partial charge on any atom is 0.416 e. The number of anilines is 3. The minimum Gasteiger partial charge on any atom is -0.357 e. The Kier molecular flexibility index (Phi) is 4.36. The van der Waals surface area contributed by atoms with Gasteiger partial charge in [0.2, 0.25) is 5.95 Å². The minimum atomic E-state index is -4.39. The Balaban J connectivity index is 2.39. The topological polar surface area (TPSA) is 49.8 Å². The van der Waals surface area contributed by atoms with Gasteiger partial charge in [-0.3, -0.25) is 0 Å². The van der Waals surface area contributed by atoms with Gasteiger partial charge in [-0.05, 0) is 41.1 Å². The van der Waals surface area contributed by atoms with E-state index in [0.29, 0.717) is 16.2 Å². The molecule has 2 rings (SSSR count). The second kappa shape index (κ2) is 5.88. The van der Waals surface area contributed by atoms with Crippen LogP contribution >= 0.6 is 15.9 Å². The molecule has 112 valence electrons. The first-order valence-corrected chi connectivity index (χ1v) is 6.75. The van der Waals surface area contributed by atoms with Crippen molar-refractivity contribution in [3.63, 3.8) is 0 Å². The number of alkyl halides is 3. The van der Waals surface area contributed by atoms with Gasteiger partial charge in [-0.15, -0.1) is 0 Å². The van der Waals surface area contributed by atoms with Crippen molar-refractivity contribution in [1.29, 1.82) is 0 Å². The van der Waals surface area contributed by atoms with Crippen LogP contribution in [0, 0.1) is 6.92 Å². The van der Waals surface area contributed by atoms with Crippen LogP contribution in [0.5, 0.6) is 0 Å². The maximum atomic E-state index is 12.8. The molecular weight excluding hydrogens is 349 g/mol. The van der Waals surface area contributed by atoms with E-state index in [1.807, 2.05) is 0 Å². The summed E-state index contributed by atoms with van der Waals surface area (Å²) < 4.78 is 38.8. The summed E-state index contributed by atoms with van der Waals surface area (Å²) in [4.78, 5) is 8.21. The minimum absolute atomic E-state index is 0.286. The van der Waals surface area contributed by atoms with Crippen molar-refractivity contribution < 1.29 is 13.2 Å². The molecule has 0 fully saturated rings. The monoisotopic (exact) mass is 360 g/mol. The summed E-state index contributed by atoms with van der Waals surface area (Å²) in [6.45, 7) is 1.77. The fourth-order valence-corrected chi connectivity index (χ4v) is 1.96. The van der Waals surface area contributed by atoms with Crippen molar-refractivity contribution in [3.05, 3.63) is 40.0 Å². The lowest BCUT2D eigenvalue weighted by molar-refractivity contribution is -0.137. The number of rotatable bonds is 3. The molecule has 0 atom stereocenters. The summed E-state index contributed by atoms with van der Waals surface area (Å²) in [6, 6.07) is 3.40. The number of hydrogen-bond acceptors (Lipinski definition) is 4. The van der Waals surface area contributed by atoms with Crippen molar-refractivity contribution in [2.24, 2.45) is 0 Å². The molecular formula is C13H12BrF3N4. The third kappa shape index (κ3) is 3.63. The quantitative estimate of drug-likeness (QED) is 0.854. The number of nitrogens with zero attached hydrogens (tertiary/aromatic N) is 2. The SMILES string of the molecule is CNc1ncc(C)c(Nc2cc(C(F)(F)F)ccc2Br)n1. The maximum absolute atomic E-state index is 12.8. The van der Waals surface area contributed by atoms with Gasteiger partial charge in [-0.25, -0.2) is 4.98 Å². The van der Waals surface area contributed by atoms with Gasteiger partial charge in [0.1, 0.15) is 5.82 Å². The van der Waals surface area contributed by atoms with E-state index < -0.39 is 11.7 Å². The van der Waals surface area contributed by atoms with E-state index in [1.54, 1.807) is 20.2 Å². The first-order valence-electron chi connectivity index (χ1n) is 5.96. The first kappa shape index (κ1) is 15.6. The molecule has 8 heteroatoms. The number of aromatic nitrogens is 2. The lowest BCUT2D eigenvalue weighted by atomic mass is 10.2. The number of aryl methyl sites for hydroxylation is 1. The van der Waals surface area contributed by atoms with E-state index in [0.717, 1.165) is 17.7 Å². The molecule has 4 nitrogen and oxygen atoms in total. The van der Waals surface area contributed by atoms with E-state index in [-0.39, 0.29) is 5.69 Å². The van der Waals surface area contributed by atoms with Crippen molar-refractivity contribution in [2.75, 3.05) is 17.7 Å². The molecule has 2 aromatic rings. The molecule has 0 saturated carbocycles. The molecule has 0 spiro atoms. The summed E-state index contributed by atoms with van der Waals surface area (Å²) >= 11 is 3.23. The van der Waals surface area contributed by atoms with Crippen LogP contribution in [0.15, 0.2) is 28.9 Å². The van der Waals surface area contributed by atoms with Crippen LogP contribution in [0.25, 0.3) is 0 Å². The summed E-state index contributed by atoms with van der Waals surface area (Å²) in [7, 11) is 1.66. The Bertz CT molecular complexity index is 658. The van der Waals surface area contributed by atoms with Gasteiger partial charge in [0, 0.05) is 23.3 Å². The van der Waals surface area contributed by atoms with Crippen molar-refractivity contribution in [1.82, 2.24) is 9.97 Å². The molecule has 0 aliphatic heterocycles. The fraction of sp³-hybridized carbons (Fsp3) is 0.231. The van der Waals surface area contributed by atoms with Crippen molar-refractivity contribution in [2.45, 2.75) is 13.1 Å². The Morgan fingerprint density at radius 1 is 1.24 bits per heavy atom. The van der Waals surface area contributed by atoms with Gasteiger partial charge in [0.25, 0.3) is 0 Å². The lowest BCUT2D eigenvalue weighted by Gasteiger charge is -2.14. The number of nitrogens with one attached hydrogen (secondary N) is 2. The molecule has 0 radical (unpaired) electrons. The molecule has 0 aliphatic rings. The predicted octanol–water partition coefficient (Wildman–Crippen LogP) is 4.35. The molecule has 1 heterocycles. The molecule has 0 unspecified atom stereocenters. The van der Waals surface area contributed by atoms with Gasteiger partial charge >= 0.3 is 6.18 Å². The molecule has 1 aromatic carbocycles. The van der Waals surface area contributed by atoms with Gasteiger partial charge in [0.15, 0.2) is 0 Å². The van der Waals surface area contributed by atoms with Crippen LogP contribution in [-0.2, 0) is 6.18 Å². The smallest absolute Gasteiger partial charge is 0.357 e. The van der Waals surface area contributed by atoms with E-state index in [2.05, 4.69) is 36.5 Å². The van der Waals surface area contributed by atoms with E-state index in [4.69, 9.17) is 0 Å². The molecule has 0 aliphatic carbocycles. The molecule has 1 aromatic heterocycles. The Morgan fingerprint density at radius 3 is 2.57 bits per heavy atom. The molecule has 21 heavy (non-hydrogen) atoms. The number of benzene rings is 1.